The lowest BCUT2D eigenvalue weighted by Gasteiger charge is -2.28. The smallest absolute Gasteiger partial charge is 0.0951 e. The summed E-state index contributed by atoms with van der Waals surface area (Å²) in [5.74, 6) is 1.23. The molecule has 0 aliphatic rings. The molecule has 0 spiro atoms. The molecule has 0 N–H and O–H groups in total. The molecule has 1 heterocycles. The van der Waals surface area contributed by atoms with Crippen LogP contribution in [0.25, 0.3) is 0 Å². The maximum Gasteiger partial charge on any atom is 0.0951 e. The van der Waals surface area contributed by atoms with Gasteiger partial charge in [-0.1, -0.05) is 61.3 Å². The Labute approximate surface area is 126 Å². The molecule has 0 radical (unpaired) electrons. The molecule has 0 saturated heterocycles. The number of hydrogen-bond acceptors (Lipinski definition) is 1. The van der Waals surface area contributed by atoms with Crippen molar-refractivity contribution in [3.8, 4) is 0 Å². The molecular weight excluding hydrogens is 244 g/mol. The number of aryl methyl sites for hydroxylation is 1. The molecule has 2 nitrogen and oxygen atoms in total. The lowest BCUT2D eigenvalue weighted by Crippen LogP contribution is -2.22. The summed E-state index contributed by atoms with van der Waals surface area (Å²) < 4.78 is 2.42. The molecule has 1 atom stereocenters. The van der Waals surface area contributed by atoms with Crippen LogP contribution in [0.15, 0.2) is 6.33 Å². The average molecular weight is 278 g/mol. The van der Waals surface area contributed by atoms with Crippen LogP contribution in [0.1, 0.15) is 91.5 Å². The van der Waals surface area contributed by atoms with Crippen LogP contribution < -0.4 is 0 Å². The Bertz CT molecular complexity index is 402. The van der Waals surface area contributed by atoms with Crippen molar-refractivity contribution in [2.24, 2.45) is 5.92 Å². The van der Waals surface area contributed by atoms with Crippen LogP contribution in [0.5, 0.6) is 0 Å². The lowest BCUT2D eigenvalue weighted by molar-refractivity contribution is 0.431. The van der Waals surface area contributed by atoms with E-state index in [1.807, 2.05) is 0 Å². The Morgan fingerprint density at radius 3 is 2.30 bits per heavy atom. The van der Waals surface area contributed by atoms with Gasteiger partial charge in [0, 0.05) is 23.6 Å². The fourth-order valence-corrected chi connectivity index (χ4v) is 2.96. The highest BCUT2D eigenvalue weighted by Crippen LogP contribution is 2.36. The van der Waals surface area contributed by atoms with E-state index in [1.54, 1.807) is 0 Å². The van der Waals surface area contributed by atoms with Gasteiger partial charge < -0.3 is 4.57 Å². The van der Waals surface area contributed by atoms with Gasteiger partial charge in [0.25, 0.3) is 0 Å². The first-order valence-electron chi connectivity index (χ1n) is 8.40. The number of hydrogen-bond donors (Lipinski definition) is 0. The van der Waals surface area contributed by atoms with Gasteiger partial charge in [0.1, 0.15) is 0 Å². The monoisotopic (exact) mass is 278 g/mol. The summed E-state index contributed by atoms with van der Waals surface area (Å²) in [6.45, 7) is 17.3. The molecule has 2 heteroatoms. The largest absolute Gasteiger partial charge is 0.334 e. The summed E-state index contributed by atoms with van der Waals surface area (Å²) in [5, 5.41) is 0. The number of unbranched alkanes of at least 4 members (excludes halogenated alkanes) is 1. The SMILES string of the molecule is CCCCn1cnc(C(C)(C)CCC)c1C(C)C(C)C. The second kappa shape index (κ2) is 7.28. The van der Waals surface area contributed by atoms with E-state index in [0.717, 1.165) is 6.54 Å². The third-order valence-corrected chi connectivity index (χ3v) is 4.58. The Hall–Kier alpha value is -0.790. The zero-order valence-corrected chi connectivity index (χ0v) is 14.7. The van der Waals surface area contributed by atoms with Crippen molar-refractivity contribution in [3.63, 3.8) is 0 Å². The molecule has 1 rings (SSSR count). The number of imidazole rings is 1. The minimum Gasteiger partial charge on any atom is -0.334 e. The highest BCUT2D eigenvalue weighted by Gasteiger charge is 2.30. The molecule has 20 heavy (non-hydrogen) atoms. The van der Waals surface area contributed by atoms with E-state index in [2.05, 4.69) is 59.4 Å². The maximum atomic E-state index is 4.83. The van der Waals surface area contributed by atoms with Crippen molar-refractivity contribution in [1.29, 1.82) is 0 Å². The van der Waals surface area contributed by atoms with E-state index < -0.39 is 0 Å². The van der Waals surface area contributed by atoms with Crippen LogP contribution in [-0.2, 0) is 12.0 Å². The molecule has 0 amide bonds. The molecule has 1 aromatic heterocycles. The van der Waals surface area contributed by atoms with E-state index in [-0.39, 0.29) is 5.41 Å². The Morgan fingerprint density at radius 1 is 1.15 bits per heavy atom. The molecular formula is C18H34N2. The van der Waals surface area contributed by atoms with Gasteiger partial charge in [-0.05, 0) is 18.8 Å². The summed E-state index contributed by atoms with van der Waals surface area (Å²) in [6.07, 6.45) is 6.97. The average Bonchev–Trinajstić information content (AvgIpc) is 2.79. The van der Waals surface area contributed by atoms with E-state index in [1.165, 1.54) is 37.1 Å². The Balaban J connectivity index is 3.20. The van der Waals surface area contributed by atoms with Gasteiger partial charge in [0.05, 0.1) is 12.0 Å². The Kier molecular flexibility index (Phi) is 6.29. The van der Waals surface area contributed by atoms with Gasteiger partial charge in [-0.2, -0.15) is 0 Å². The standard InChI is InChI=1S/C18H34N2/c1-8-10-12-20-13-19-17(18(6,7)11-9-2)16(20)15(5)14(3)4/h13-15H,8-12H2,1-7H3. The van der Waals surface area contributed by atoms with Crippen molar-refractivity contribution in [2.75, 3.05) is 0 Å². The van der Waals surface area contributed by atoms with E-state index >= 15 is 0 Å². The van der Waals surface area contributed by atoms with Gasteiger partial charge in [-0.3, -0.25) is 0 Å². The lowest BCUT2D eigenvalue weighted by atomic mass is 9.80. The minimum absolute atomic E-state index is 0.185. The highest BCUT2D eigenvalue weighted by atomic mass is 15.1. The second-order valence-electron chi connectivity index (χ2n) is 7.19. The highest BCUT2D eigenvalue weighted by molar-refractivity contribution is 5.25. The fraction of sp³-hybridized carbons (Fsp3) is 0.833. The maximum absolute atomic E-state index is 4.83. The minimum atomic E-state index is 0.185. The first kappa shape index (κ1) is 17.3. The van der Waals surface area contributed by atoms with Crippen LogP contribution in [-0.4, -0.2) is 9.55 Å². The molecule has 1 unspecified atom stereocenters. The van der Waals surface area contributed by atoms with Crippen molar-refractivity contribution >= 4 is 0 Å². The molecule has 0 saturated carbocycles. The second-order valence-corrected chi connectivity index (χ2v) is 7.19. The number of nitrogens with zero attached hydrogens (tertiary/aromatic N) is 2. The normalized spacial score (nSPS) is 14.0. The predicted molar refractivity (Wildman–Crippen MR) is 88.3 cm³/mol. The molecule has 0 fully saturated rings. The quantitative estimate of drug-likeness (QED) is 0.612. The fourth-order valence-electron chi connectivity index (χ4n) is 2.96. The molecule has 0 aromatic carbocycles. The predicted octanol–water partition coefficient (Wildman–Crippen LogP) is 5.52. The van der Waals surface area contributed by atoms with Crippen LogP contribution in [0.2, 0.25) is 0 Å². The van der Waals surface area contributed by atoms with E-state index in [9.17, 15) is 0 Å². The first-order chi connectivity index (χ1) is 9.35. The van der Waals surface area contributed by atoms with E-state index in [4.69, 9.17) is 4.98 Å². The van der Waals surface area contributed by atoms with Crippen molar-refractivity contribution < 1.29 is 0 Å². The third-order valence-electron chi connectivity index (χ3n) is 4.58. The number of aromatic nitrogens is 2. The summed E-state index contributed by atoms with van der Waals surface area (Å²) in [5.41, 5.74) is 2.99. The molecule has 0 aliphatic carbocycles. The summed E-state index contributed by atoms with van der Waals surface area (Å²) in [6, 6.07) is 0. The van der Waals surface area contributed by atoms with Crippen molar-refractivity contribution in [2.45, 2.75) is 92.0 Å². The van der Waals surface area contributed by atoms with E-state index in [0.29, 0.717) is 11.8 Å². The molecule has 1 aromatic rings. The van der Waals surface area contributed by atoms with Gasteiger partial charge in [-0.15, -0.1) is 0 Å². The van der Waals surface area contributed by atoms with Crippen LogP contribution in [0, 0.1) is 5.92 Å². The molecule has 116 valence electrons. The van der Waals surface area contributed by atoms with Crippen molar-refractivity contribution in [3.05, 3.63) is 17.7 Å². The van der Waals surface area contributed by atoms with Gasteiger partial charge in [0.15, 0.2) is 0 Å². The Morgan fingerprint density at radius 2 is 1.80 bits per heavy atom. The summed E-state index contributed by atoms with van der Waals surface area (Å²) in [7, 11) is 0. The van der Waals surface area contributed by atoms with Crippen molar-refractivity contribution in [1.82, 2.24) is 9.55 Å². The van der Waals surface area contributed by atoms with Crippen LogP contribution in [0.4, 0.5) is 0 Å². The zero-order chi connectivity index (χ0) is 15.3. The molecule has 0 aliphatic heterocycles. The number of rotatable bonds is 8. The summed E-state index contributed by atoms with van der Waals surface area (Å²) >= 11 is 0. The molecule has 0 bridgehead atoms. The van der Waals surface area contributed by atoms with Crippen LogP contribution >= 0.6 is 0 Å². The third kappa shape index (κ3) is 3.86. The topological polar surface area (TPSA) is 17.8 Å². The zero-order valence-electron chi connectivity index (χ0n) is 14.7. The van der Waals surface area contributed by atoms with Gasteiger partial charge in [0.2, 0.25) is 0 Å². The van der Waals surface area contributed by atoms with Gasteiger partial charge >= 0.3 is 0 Å². The summed E-state index contributed by atoms with van der Waals surface area (Å²) in [4.78, 5) is 4.83. The van der Waals surface area contributed by atoms with Crippen LogP contribution in [0.3, 0.4) is 0 Å². The first-order valence-corrected chi connectivity index (χ1v) is 8.40. The van der Waals surface area contributed by atoms with Gasteiger partial charge in [-0.25, -0.2) is 4.98 Å².